The smallest absolute Gasteiger partial charge is 0.270 e. The van der Waals surface area contributed by atoms with Crippen LogP contribution in [0, 0.1) is 10.1 Å². The van der Waals surface area contributed by atoms with Gasteiger partial charge in [0.2, 0.25) is 5.91 Å². The van der Waals surface area contributed by atoms with E-state index in [9.17, 15) is 19.7 Å². The van der Waals surface area contributed by atoms with Crippen molar-refractivity contribution >= 4 is 17.5 Å². The third-order valence-corrected chi connectivity index (χ3v) is 5.14. The van der Waals surface area contributed by atoms with Crippen LogP contribution in [0.15, 0.2) is 84.9 Å². The van der Waals surface area contributed by atoms with E-state index in [0.717, 1.165) is 11.1 Å². The number of nitrogens with zero attached hydrogens (tertiary/aromatic N) is 1. The van der Waals surface area contributed by atoms with Gasteiger partial charge < -0.3 is 10.6 Å². The van der Waals surface area contributed by atoms with E-state index in [0.29, 0.717) is 0 Å². The van der Waals surface area contributed by atoms with Crippen LogP contribution in [-0.2, 0) is 10.3 Å². The van der Waals surface area contributed by atoms with E-state index in [2.05, 4.69) is 10.6 Å². The number of hydrogen-bond acceptors (Lipinski definition) is 4. The lowest BCUT2D eigenvalue weighted by molar-refractivity contribution is -0.384. The Balaban J connectivity index is 1.80. The summed E-state index contributed by atoms with van der Waals surface area (Å²) in [7, 11) is 0. The number of nitrogens with one attached hydrogen (secondary N) is 2. The van der Waals surface area contributed by atoms with E-state index in [-0.39, 0.29) is 17.2 Å². The number of non-ortho nitro benzene ring substituents is 1. The van der Waals surface area contributed by atoms with Gasteiger partial charge in [-0.3, -0.25) is 19.7 Å². The number of nitro benzene ring substituents is 1. The van der Waals surface area contributed by atoms with Crippen LogP contribution in [0.25, 0.3) is 0 Å². The van der Waals surface area contributed by atoms with Crippen LogP contribution < -0.4 is 10.6 Å². The molecule has 0 radical (unpaired) electrons. The molecule has 3 aromatic carbocycles. The summed E-state index contributed by atoms with van der Waals surface area (Å²) >= 11 is 0. The Labute approximate surface area is 180 Å². The van der Waals surface area contributed by atoms with Crippen LogP contribution in [0.1, 0.15) is 35.3 Å². The van der Waals surface area contributed by atoms with E-state index in [1.807, 2.05) is 67.6 Å². The Bertz CT molecular complexity index is 1040. The van der Waals surface area contributed by atoms with E-state index in [1.165, 1.54) is 24.3 Å². The molecule has 31 heavy (non-hydrogen) atoms. The fraction of sp³-hybridized carbons (Fsp3) is 0.167. The molecule has 0 aromatic heterocycles. The largest absolute Gasteiger partial charge is 0.341 e. The topological polar surface area (TPSA) is 101 Å². The number of rotatable bonds is 7. The van der Waals surface area contributed by atoms with Crippen LogP contribution in [0.3, 0.4) is 0 Å². The normalized spacial score (nSPS) is 11.9. The maximum Gasteiger partial charge on any atom is 0.270 e. The molecule has 0 aliphatic rings. The van der Waals surface area contributed by atoms with Crippen LogP contribution in [0.2, 0.25) is 0 Å². The first-order valence-electron chi connectivity index (χ1n) is 9.79. The second kappa shape index (κ2) is 9.21. The Morgan fingerprint density at radius 2 is 1.45 bits per heavy atom. The van der Waals surface area contributed by atoms with Gasteiger partial charge in [0.1, 0.15) is 6.04 Å². The summed E-state index contributed by atoms with van der Waals surface area (Å²) in [6.07, 6.45) is 0. The number of amides is 2. The molecule has 3 rings (SSSR count). The Morgan fingerprint density at radius 3 is 1.97 bits per heavy atom. The number of nitro groups is 1. The highest BCUT2D eigenvalue weighted by molar-refractivity contribution is 5.98. The summed E-state index contributed by atoms with van der Waals surface area (Å²) in [5.74, 6) is -0.943. The first-order valence-corrected chi connectivity index (χ1v) is 9.79. The van der Waals surface area contributed by atoms with Gasteiger partial charge in [0, 0.05) is 17.7 Å². The number of hydrogen-bond donors (Lipinski definition) is 2. The molecule has 0 aliphatic heterocycles. The van der Waals surface area contributed by atoms with Gasteiger partial charge in [-0.25, -0.2) is 0 Å². The lowest BCUT2D eigenvalue weighted by atomic mass is 9.84. The molecule has 3 aromatic rings. The van der Waals surface area contributed by atoms with Crippen molar-refractivity contribution in [2.75, 3.05) is 0 Å². The zero-order valence-corrected chi connectivity index (χ0v) is 17.2. The van der Waals surface area contributed by atoms with Crippen molar-refractivity contribution in [3.8, 4) is 0 Å². The molecular formula is C24H23N3O4. The molecule has 1 atom stereocenters. The molecule has 1 unspecified atom stereocenters. The van der Waals surface area contributed by atoms with Crippen LogP contribution in [0.4, 0.5) is 5.69 Å². The van der Waals surface area contributed by atoms with Crippen LogP contribution >= 0.6 is 0 Å². The highest BCUT2D eigenvalue weighted by Crippen LogP contribution is 2.29. The van der Waals surface area contributed by atoms with Gasteiger partial charge in [-0.15, -0.1) is 0 Å². The zero-order chi connectivity index (χ0) is 22.4. The molecule has 2 amide bonds. The van der Waals surface area contributed by atoms with Gasteiger partial charge >= 0.3 is 0 Å². The highest BCUT2D eigenvalue weighted by Gasteiger charge is 2.32. The fourth-order valence-electron chi connectivity index (χ4n) is 3.31. The van der Waals surface area contributed by atoms with Crippen molar-refractivity contribution in [1.82, 2.24) is 10.6 Å². The molecule has 2 N–H and O–H groups in total. The summed E-state index contributed by atoms with van der Waals surface area (Å²) in [6.45, 7) is 3.48. The molecule has 158 valence electrons. The molecule has 7 nitrogen and oxygen atoms in total. The van der Waals surface area contributed by atoms with Crippen LogP contribution in [-0.4, -0.2) is 22.8 Å². The Kier molecular flexibility index (Phi) is 6.45. The van der Waals surface area contributed by atoms with Gasteiger partial charge in [0.25, 0.3) is 11.6 Å². The molecule has 0 bridgehead atoms. The van der Waals surface area contributed by atoms with Gasteiger partial charge in [-0.2, -0.15) is 0 Å². The Hall–Kier alpha value is -4.00. The monoisotopic (exact) mass is 417 g/mol. The third-order valence-electron chi connectivity index (χ3n) is 5.14. The summed E-state index contributed by atoms with van der Waals surface area (Å²) in [6, 6.07) is 23.6. The first kappa shape index (κ1) is 21.7. The summed E-state index contributed by atoms with van der Waals surface area (Å²) in [5, 5.41) is 16.6. The second-order valence-electron chi connectivity index (χ2n) is 7.35. The molecule has 0 aliphatic carbocycles. The van der Waals surface area contributed by atoms with Gasteiger partial charge in [-0.05, 0) is 31.0 Å². The SMILES string of the molecule is CC(NC(=O)c1cccc([N+](=O)[O-])c1)C(=O)NC(C)(c1ccccc1)c1ccccc1. The van der Waals surface area contributed by atoms with Crippen molar-refractivity contribution < 1.29 is 14.5 Å². The third kappa shape index (κ3) is 4.95. The van der Waals surface area contributed by atoms with Gasteiger partial charge in [0.15, 0.2) is 0 Å². The average molecular weight is 417 g/mol. The number of carbonyl (C=O) groups is 2. The maximum absolute atomic E-state index is 13.0. The standard InChI is InChI=1S/C24H23N3O4/c1-17(25-23(29)18-10-9-15-21(16-18)27(30)31)22(28)26-24(2,19-11-5-3-6-12-19)20-13-7-4-8-14-20/h3-17H,1-2H3,(H,25,29)(H,26,28). The Morgan fingerprint density at radius 1 is 0.903 bits per heavy atom. The molecule has 0 spiro atoms. The van der Waals surface area contributed by atoms with Crippen molar-refractivity contribution in [1.29, 1.82) is 0 Å². The number of benzene rings is 3. The van der Waals surface area contributed by atoms with Crippen molar-refractivity contribution in [2.24, 2.45) is 0 Å². The highest BCUT2D eigenvalue weighted by atomic mass is 16.6. The number of carbonyl (C=O) groups excluding carboxylic acids is 2. The minimum Gasteiger partial charge on any atom is -0.341 e. The van der Waals surface area contributed by atoms with E-state index in [4.69, 9.17) is 0 Å². The van der Waals surface area contributed by atoms with Crippen molar-refractivity contribution in [3.05, 3.63) is 112 Å². The van der Waals surface area contributed by atoms with E-state index >= 15 is 0 Å². The van der Waals surface area contributed by atoms with Crippen LogP contribution in [0.5, 0.6) is 0 Å². The first-order chi connectivity index (χ1) is 14.8. The van der Waals surface area contributed by atoms with E-state index < -0.39 is 22.4 Å². The fourth-order valence-corrected chi connectivity index (χ4v) is 3.31. The molecular weight excluding hydrogens is 394 g/mol. The van der Waals surface area contributed by atoms with Gasteiger partial charge in [-0.1, -0.05) is 66.7 Å². The quantitative estimate of drug-likeness (QED) is 0.451. The minimum atomic E-state index is -0.862. The summed E-state index contributed by atoms with van der Waals surface area (Å²) in [4.78, 5) is 35.9. The van der Waals surface area contributed by atoms with E-state index in [1.54, 1.807) is 6.92 Å². The molecule has 0 saturated heterocycles. The molecule has 0 saturated carbocycles. The predicted octanol–water partition coefficient (Wildman–Crippen LogP) is 3.79. The summed E-state index contributed by atoms with van der Waals surface area (Å²) in [5.41, 5.74) is 0.899. The maximum atomic E-state index is 13.0. The molecule has 7 heteroatoms. The van der Waals surface area contributed by atoms with Crippen molar-refractivity contribution in [2.45, 2.75) is 25.4 Å². The molecule has 0 heterocycles. The average Bonchev–Trinajstić information content (AvgIpc) is 2.80. The molecule has 0 fully saturated rings. The second-order valence-corrected chi connectivity index (χ2v) is 7.35. The summed E-state index contributed by atoms with van der Waals surface area (Å²) < 4.78 is 0. The minimum absolute atomic E-state index is 0.114. The lowest BCUT2D eigenvalue weighted by Gasteiger charge is -2.33. The zero-order valence-electron chi connectivity index (χ0n) is 17.2. The van der Waals surface area contributed by atoms with Gasteiger partial charge in [0.05, 0.1) is 10.5 Å². The predicted molar refractivity (Wildman–Crippen MR) is 118 cm³/mol. The lowest BCUT2D eigenvalue weighted by Crippen LogP contribution is -2.52. The van der Waals surface area contributed by atoms with Crippen molar-refractivity contribution in [3.63, 3.8) is 0 Å².